The molecular weight excluding hydrogens is 378 g/mol. The number of thiophene rings is 2. The van der Waals surface area contributed by atoms with E-state index in [2.05, 4.69) is 26.1 Å². The van der Waals surface area contributed by atoms with Gasteiger partial charge in [-0.2, -0.15) is 0 Å². The van der Waals surface area contributed by atoms with Crippen LogP contribution in [0.4, 0.5) is 5.00 Å². The molecule has 27 heavy (non-hydrogen) atoms. The Morgan fingerprint density at radius 1 is 1.33 bits per heavy atom. The maximum Gasteiger partial charge on any atom is 0.341 e. The van der Waals surface area contributed by atoms with Gasteiger partial charge in [0.15, 0.2) is 0 Å². The molecule has 0 aliphatic heterocycles. The molecule has 1 atom stereocenters. The van der Waals surface area contributed by atoms with Gasteiger partial charge in [0.2, 0.25) is 5.91 Å². The third kappa shape index (κ3) is 4.50. The summed E-state index contributed by atoms with van der Waals surface area (Å²) in [5.41, 5.74) is 1.80. The number of hydrogen-bond donors (Lipinski definition) is 1. The number of nitrogens with one attached hydrogen (secondary N) is 1. The van der Waals surface area contributed by atoms with E-state index < -0.39 is 0 Å². The third-order valence-corrected chi connectivity index (χ3v) is 7.07. The van der Waals surface area contributed by atoms with Crippen LogP contribution in [0.2, 0.25) is 0 Å². The van der Waals surface area contributed by atoms with Gasteiger partial charge in [0.05, 0.1) is 12.7 Å². The van der Waals surface area contributed by atoms with Crippen molar-refractivity contribution >= 4 is 45.6 Å². The number of rotatable bonds is 4. The third-order valence-electron chi connectivity index (χ3n) is 5.06. The second kappa shape index (κ2) is 7.98. The van der Waals surface area contributed by atoms with Crippen LogP contribution in [0, 0.1) is 11.3 Å². The van der Waals surface area contributed by atoms with Crippen LogP contribution in [0.3, 0.4) is 0 Å². The first-order valence-corrected chi connectivity index (χ1v) is 10.7. The SMILES string of the molecule is COC(=O)c1c(NC(=O)/C=C/c2cccs2)sc2c1CCC(C(C)(C)C)C2. The lowest BCUT2D eigenvalue weighted by molar-refractivity contribution is -0.111. The summed E-state index contributed by atoms with van der Waals surface area (Å²) in [4.78, 5) is 27.0. The van der Waals surface area contributed by atoms with Gasteiger partial charge >= 0.3 is 5.97 Å². The molecule has 1 aliphatic rings. The Bertz CT molecular complexity index is 857. The molecule has 2 heterocycles. The number of esters is 1. The fourth-order valence-electron chi connectivity index (χ4n) is 3.43. The van der Waals surface area contributed by atoms with Crippen LogP contribution in [-0.4, -0.2) is 19.0 Å². The second-order valence-electron chi connectivity index (χ2n) is 7.84. The van der Waals surface area contributed by atoms with E-state index in [0.717, 1.165) is 29.7 Å². The van der Waals surface area contributed by atoms with Crippen molar-refractivity contribution in [1.29, 1.82) is 0 Å². The molecule has 0 fully saturated rings. The van der Waals surface area contributed by atoms with Crippen molar-refractivity contribution in [2.45, 2.75) is 40.0 Å². The summed E-state index contributed by atoms with van der Waals surface area (Å²) in [6.07, 6.45) is 6.11. The molecule has 0 aromatic carbocycles. The maximum absolute atomic E-state index is 12.4. The molecule has 1 N–H and O–H groups in total. The van der Waals surface area contributed by atoms with Crippen LogP contribution in [0.1, 0.15) is 52.9 Å². The highest BCUT2D eigenvalue weighted by atomic mass is 32.1. The van der Waals surface area contributed by atoms with Crippen molar-refractivity contribution in [3.63, 3.8) is 0 Å². The van der Waals surface area contributed by atoms with Gasteiger partial charge in [-0.05, 0) is 53.7 Å². The Balaban J connectivity index is 1.85. The standard InChI is InChI=1S/C21H25NO3S2/c1-21(2,3)13-7-9-15-16(12-13)27-19(18(15)20(24)25-4)22-17(23)10-8-14-6-5-11-26-14/h5-6,8,10-11,13H,7,9,12H2,1-4H3,(H,22,23)/b10-8+. The molecule has 2 aromatic heterocycles. The van der Waals surface area contributed by atoms with Crippen LogP contribution >= 0.6 is 22.7 Å². The summed E-state index contributed by atoms with van der Waals surface area (Å²) in [5.74, 6) is -0.0461. The summed E-state index contributed by atoms with van der Waals surface area (Å²) in [6.45, 7) is 6.78. The molecule has 1 unspecified atom stereocenters. The summed E-state index contributed by atoms with van der Waals surface area (Å²) in [5, 5.41) is 5.46. The van der Waals surface area contributed by atoms with Gasteiger partial charge in [0, 0.05) is 15.8 Å². The van der Waals surface area contributed by atoms with Gasteiger partial charge in [-0.1, -0.05) is 26.8 Å². The number of hydrogen-bond acceptors (Lipinski definition) is 5. The predicted molar refractivity (Wildman–Crippen MR) is 113 cm³/mol. The van der Waals surface area contributed by atoms with Crippen molar-refractivity contribution < 1.29 is 14.3 Å². The van der Waals surface area contributed by atoms with E-state index in [1.54, 1.807) is 17.4 Å². The number of carbonyl (C=O) groups is 2. The first kappa shape index (κ1) is 19.8. The molecule has 0 saturated carbocycles. The van der Waals surface area contributed by atoms with Crippen molar-refractivity contribution in [2.75, 3.05) is 12.4 Å². The van der Waals surface area contributed by atoms with Gasteiger partial charge < -0.3 is 10.1 Å². The Kier molecular flexibility index (Phi) is 5.86. The Hall–Kier alpha value is -1.92. The lowest BCUT2D eigenvalue weighted by atomic mass is 9.72. The van der Waals surface area contributed by atoms with E-state index in [1.807, 2.05) is 17.5 Å². The van der Waals surface area contributed by atoms with Crippen LogP contribution in [0.15, 0.2) is 23.6 Å². The predicted octanol–water partition coefficient (Wildman–Crippen LogP) is 5.40. The molecule has 1 aliphatic carbocycles. The molecule has 6 heteroatoms. The summed E-state index contributed by atoms with van der Waals surface area (Å²) >= 11 is 3.08. The van der Waals surface area contributed by atoms with Crippen molar-refractivity contribution in [3.8, 4) is 0 Å². The van der Waals surface area contributed by atoms with E-state index in [9.17, 15) is 9.59 Å². The monoisotopic (exact) mass is 403 g/mol. The van der Waals surface area contributed by atoms with Gasteiger partial charge in [-0.25, -0.2) is 4.79 Å². The number of ether oxygens (including phenoxy) is 1. The molecule has 0 saturated heterocycles. The van der Waals surface area contributed by atoms with E-state index in [0.29, 0.717) is 16.5 Å². The Morgan fingerprint density at radius 3 is 2.74 bits per heavy atom. The van der Waals surface area contributed by atoms with Crippen LogP contribution in [-0.2, 0) is 22.4 Å². The smallest absolute Gasteiger partial charge is 0.341 e. The fraction of sp³-hybridized carbons (Fsp3) is 0.429. The summed E-state index contributed by atoms with van der Waals surface area (Å²) < 4.78 is 5.00. The molecule has 0 bridgehead atoms. The second-order valence-corrected chi connectivity index (χ2v) is 9.93. The summed E-state index contributed by atoms with van der Waals surface area (Å²) in [7, 11) is 1.38. The van der Waals surface area contributed by atoms with Crippen molar-refractivity contribution in [3.05, 3.63) is 44.5 Å². The minimum atomic E-state index is -0.376. The number of carbonyl (C=O) groups excluding carboxylic acids is 2. The molecule has 0 spiro atoms. The molecule has 4 nitrogen and oxygen atoms in total. The normalized spacial score (nSPS) is 17.0. The number of fused-ring (bicyclic) bond motifs is 1. The molecule has 3 rings (SSSR count). The quantitative estimate of drug-likeness (QED) is 0.549. The van der Waals surface area contributed by atoms with Crippen LogP contribution in [0.25, 0.3) is 6.08 Å². The lowest BCUT2D eigenvalue weighted by Gasteiger charge is -2.33. The molecule has 0 radical (unpaired) electrons. The Morgan fingerprint density at radius 2 is 2.11 bits per heavy atom. The molecule has 1 amide bonds. The number of anilines is 1. The minimum Gasteiger partial charge on any atom is -0.465 e. The maximum atomic E-state index is 12.4. The zero-order chi connectivity index (χ0) is 19.6. The highest BCUT2D eigenvalue weighted by Gasteiger charge is 2.34. The van der Waals surface area contributed by atoms with E-state index in [4.69, 9.17) is 4.74 Å². The van der Waals surface area contributed by atoms with Gasteiger partial charge in [0.25, 0.3) is 0 Å². The largest absolute Gasteiger partial charge is 0.465 e. The van der Waals surface area contributed by atoms with Gasteiger partial charge in [0.1, 0.15) is 5.00 Å². The van der Waals surface area contributed by atoms with E-state index >= 15 is 0 Å². The number of amides is 1. The van der Waals surface area contributed by atoms with Crippen molar-refractivity contribution in [2.24, 2.45) is 11.3 Å². The molecular formula is C21H25NO3S2. The molecule has 2 aromatic rings. The average molecular weight is 404 g/mol. The van der Waals surface area contributed by atoms with Crippen LogP contribution in [0.5, 0.6) is 0 Å². The minimum absolute atomic E-state index is 0.222. The van der Waals surface area contributed by atoms with E-state index in [-0.39, 0.29) is 17.3 Å². The highest BCUT2D eigenvalue weighted by molar-refractivity contribution is 7.17. The number of methoxy groups -OCH3 is 1. The first-order valence-electron chi connectivity index (χ1n) is 9.05. The molecule has 144 valence electrons. The lowest BCUT2D eigenvalue weighted by Crippen LogP contribution is -2.26. The van der Waals surface area contributed by atoms with E-state index in [1.165, 1.54) is 29.4 Å². The van der Waals surface area contributed by atoms with Crippen molar-refractivity contribution in [1.82, 2.24) is 0 Å². The topological polar surface area (TPSA) is 55.4 Å². The highest BCUT2D eigenvalue weighted by Crippen LogP contribution is 2.44. The van der Waals surface area contributed by atoms with Crippen LogP contribution < -0.4 is 5.32 Å². The zero-order valence-corrected chi connectivity index (χ0v) is 17.8. The zero-order valence-electron chi connectivity index (χ0n) is 16.1. The average Bonchev–Trinajstić information content (AvgIpc) is 3.25. The van der Waals surface area contributed by atoms with Gasteiger partial charge in [-0.15, -0.1) is 22.7 Å². The first-order chi connectivity index (χ1) is 12.8. The fourth-order valence-corrected chi connectivity index (χ4v) is 5.37. The Labute approximate surface area is 168 Å². The van der Waals surface area contributed by atoms with Gasteiger partial charge in [-0.3, -0.25) is 4.79 Å². The summed E-state index contributed by atoms with van der Waals surface area (Å²) in [6, 6.07) is 3.89.